The van der Waals surface area contributed by atoms with Crippen LogP contribution < -0.4 is 20.9 Å². The van der Waals surface area contributed by atoms with Crippen molar-refractivity contribution in [3.8, 4) is 11.3 Å². The number of carbonyl (C=O) groups is 2. The lowest BCUT2D eigenvalue weighted by atomic mass is 10.1. The first-order valence-electron chi connectivity index (χ1n) is 8.48. The van der Waals surface area contributed by atoms with E-state index in [0.29, 0.717) is 12.0 Å². The average molecular weight is 419 g/mol. The molecule has 1 aliphatic rings. The summed E-state index contributed by atoms with van der Waals surface area (Å²) in [5.41, 5.74) is 5.30. The molecule has 30 heavy (non-hydrogen) atoms. The number of nitrogens with two attached hydrogens (primary N) is 1. The van der Waals surface area contributed by atoms with Crippen molar-refractivity contribution in [2.24, 2.45) is 10.7 Å². The van der Waals surface area contributed by atoms with Crippen molar-refractivity contribution >= 4 is 35.7 Å². The molecule has 9 nitrogen and oxygen atoms in total. The number of benzene rings is 1. The summed E-state index contributed by atoms with van der Waals surface area (Å²) >= 11 is 0. The van der Waals surface area contributed by atoms with Crippen molar-refractivity contribution in [2.75, 3.05) is 23.4 Å². The second-order valence-corrected chi connectivity index (χ2v) is 6.23. The van der Waals surface area contributed by atoms with Gasteiger partial charge < -0.3 is 10.6 Å². The molecule has 1 aliphatic heterocycles. The molecule has 0 radical (unpaired) electrons. The molecule has 0 unspecified atom stereocenters. The topological polar surface area (TPSA) is 128 Å². The lowest BCUT2D eigenvalue weighted by Gasteiger charge is -2.33. The molecule has 0 aliphatic carbocycles. The van der Waals surface area contributed by atoms with Gasteiger partial charge in [-0.05, 0) is 24.3 Å². The summed E-state index contributed by atoms with van der Waals surface area (Å²) in [5.74, 6) is -0.710. The summed E-state index contributed by atoms with van der Waals surface area (Å²) in [6.45, 7) is -0.369. The summed E-state index contributed by atoms with van der Waals surface area (Å²) in [5, 5.41) is 9.09. The maximum absolute atomic E-state index is 13.0. The first-order valence-corrected chi connectivity index (χ1v) is 8.48. The normalized spacial score (nSPS) is 14.4. The second-order valence-electron chi connectivity index (χ2n) is 6.23. The number of anilines is 2. The van der Waals surface area contributed by atoms with Gasteiger partial charge in [-0.1, -0.05) is 12.1 Å². The largest absolute Gasteiger partial charge is 0.416 e. The third kappa shape index (κ3) is 4.06. The Morgan fingerprint density at radius 2 is 2.07 bits per heavy atom. The minimum Gasteiger partial charge on any atom is -0.369 e. The van der Waals surface area contributed by atoms with Gasteiger partial charge in [0.1, 0.15) is 12.9 Å². The van der Waals surface area contributed by atoms with E-state index in [-0.39, 0.29) is 29.6 Å². The fourth-order valence-corrected chi connectivity index (χ4v) is 2.81. The number of alkyl halides is 3. The highest BCUT2D eigenvalue weighted by Gasteiger charge is 2.33. The zero-order chi connectivity index (χ0) is 22.1. The molecule has 3 amide bonds. The summed E-state index contributed by atoms with van der Waals surface area (Å²) in [6.07, 6.45) is -3.89. The lowest BCUT2D eigenvalue weighted by molar-refractivity contribution is -0.137. The van der Waals surface area contributed by atoms with Gasteiger partial charge in [0.15, 0.2) is 5.82 Å². The highest BCUT2D eigenvalue weighted by Crippen LogP contribution is 2.35. The van der Waals surface area contributed by atoms with E-state index in [4.69, 9.17) is 11.1 Å². The number of hydrogen-bond acceptors (Lipinski definition) is 4. The quantitative estimate of drug-likeness (QED) is 0.509. The van der Waals surface area contributed by atoms with Crippen molar-refractivity contribution < 1.29 is 22.8 Å². The van der Waals surface area contributed by atoms with Gasteiger partial charge in [-0.25, -0.2) is 14.8 Å². The summed E-state index contributed by atoms with van der Waals surface area (Å²) in [7, 11) is 1.49. The van der Waals surface area contributed by atoms with Crippen molar-refractivity contribution in [3.63, 3.8) is 0 Å². The Hall–Kier alpha value is -3.96. The maximum Gasteiger partial charge on any atom is 0.416 e. The number of nitrogens with zero attached hydrogens (tertiary/aromatic N) is 4. The van der Waals surface area contributed by atoms with Gasteiger partial charge in [0.2, 0.25) is 11.9 Å². The van der Waals surface area contributed by atoms with E-state index in [2.05, 4.69) is 15.3 Å². The molecule has 1 aromatic heterocycles. The minimum atomic E-state index is -4.52. The third-order valence-corrected chi connectivity index (χ3v) is 4.31. The van der Waals surface area contributed by atoms with Gasteiger partial charge in [-0.2, -0.15) is 13.2 Å². The number of halogens is 3. The van der Waals surface area contributed by atoms with Crippen LogP contribution in [0.15, 0.2) is 41.4 Å². The number of carbonyl (C=O) groups excluding carboxylic acids is 2. The molecule has 2 heterocycles. The molecule has 12 heteroatoms. The first-order chi connectivity index (χ1) is 14.1. The van der Waals surface area contributed by atoms with Crippen LogP contribution in [0, 0.1) is 5.41 Å². The van der Waals surface area contributed by atoms with E-state index in [0.717, 1.165) is 17.0 Å². The minimum absolute atomic E-state index is 0.0622. The predicted octanol–water partition coefficient (Wildman–Crippen LogP) is 2.18. The molecule has 3 rings (SSSR count). The van der Waals surface area contributed by atoms with Gasteiger partial charge in [0.25, 0.3) is 0 Å². The molecule has 0 spiro atoms. The lowest BCUT2D eigenvalue weighted by Crippen LogP contribution is -2.53. The Morgan fingerprint density at radius 3 is 2.73 bits per heavy atom. The molecule has 0 saturated heterocycles. The van der Waals surface area contributed by atoms with Gasteiger partial charge in [-0.3, -0.25) is 20.4 Å². The van der Waals surface area contributed by atoms with Crippen LogP contribution in [0.5, 0.6) is 0 Å². The second kappa shape index (κ2) is 7.81. The molecule has 0 bridgehead atoms. The zero-order valence-electron chi connectivity index (χ0n) is 15.6. The predicted molar refractivity (Wildman–Crippen MR) is 104 cm³/mol. The van der Waals surface area contributed by atoms with E-state index in [1.807, 2.05) is 0 Å². The number of amides is 3. The molecule has 156 valence electrons. The molecular formula is C18H16F3N7O2. The van der Waals surface area contributed by atoms with Gasteiger partial charge in [-0.15, -0.1) is 0 Å². The van der Waals surface area contributed by atoms with Gasteiger partial charge in [0, 0.05) is 12.6 Å². The monoisotopic (exact) mass is 419 g/mol. The Morgan fingerprint density at radius 1 is 1.33 bits per heavy atom. The maximum atomic E-state index is 13.0. The van der Waals surface area contributed by atoms with Crippen LogP contribution >= 0.6 is 0 Å². The Balaban J connectivity index is 2.05. The van der Waals surface area contributed by atoms with Crippen LogP contribution in [0.4, 0.5) is 29.5 Å². The van der Waals surface area contributed by atoms with E-state index in [9.17, 15) is 22.8 Å². The number of urea groups is 1. The molecule has 0 atom stereocenters. The summed E-state index contributed by atoms with van der Waals surface area (Å²) in [6, 6.07) is 6.74. The van der Waals surface area contributed by atoms with Crippen LogP contribution in [0.2, 0.25) is 0 Å². The molecule has 0 saturated carbocycles. The fourth-order valence-electron chi connectivity index (χ4n) is 2.81. The Bertz CT molecular complexity index is 1050. The van der Waals surface area contributed by atoms with E-state index < -0.39 is 23.7 Å². The number of pyridine rings is 1. The molecule has 2 aromatic rings. The number of aromatic nitrogens is 1. The molecule has 0 fully saturated rings. The van der Waals surface area contributed by atoms with Crippen molar-refractivity contribution in [2.45, 2.75) is 6.18 Å². The number of nitrogens with one attached hydrogen (secondary N) is 2. The standard InChI is InChI=1S/C18H16F3N7O2/c1-27-13-6-5-12(10-3-2-4-11(7-10)18(19,20)21)25-15(13)28(8-14(27)29)17(30)26-16(23)24-9-22/h2-7,9H,8H2,1H3,(H4,22,23,24,26,30). The smallest absolute Gasteiger partial charge is 0.369 e. The van der Waals surface area contributed by atoms with Crippen LogP contribution in [-0.2, 0) is 11.0 Å². The zero-order valence-corrected chi connectivity index (χ0v) is 15.6. The first kappa shape index (κ1) is 20.8. The molecule has 4 N–H and O–H groups in total. The van der Waals surface area contributed by atoms with Crippen molar-refractivity contribution in [1.29, 1.82) is 5.41 Å². The van der Waals surface area contributed by atoms with Crippen LogP contribution in [0.1, 0.15) is 5.56 Å². The van der Waals surface area contributed by atoms with Crippen LogP contribution in [-0.4, -0.2) is 42.8 Å². The van der Waals surface area contributed by atoms with E-state index >= 15 is 0 Å². The van der Waals surface area contributed by atoms with Crippen molar-refractivity contribution in [3.05, 3.63) is 42.0 Å². The van der Waals surface area contributed by atoms with Crippen LogP contribution in [0.3, 0.4) is 0 Å². The number of guanidine groups is 1. The fraction of sp³-hybridized carbons (Fsp3) is 0.167. The van der Waals surface area contributed by atoms with Crippen molar-refractivity contribution in [1.82, 2.24) is 10.3 Å². The Kier molecular flexibility index (Phi) is 5.41. The highest BCUT2D eigenvalue weighted by atomic mass is 19.4. The van der Waals surface area contributed by atoms with E-state index in [1.165, 1.54) is 36.2 Å². The molecular weight excluding hydrogens is 403 g/mol. The number of likely N-dealkylation sites (N-methyl/N-ethyl adjacent to an activating group) is 1. The summed E-state index contributed by atoms with van der Waals surface area (Å²) < 4.78 is 39.1. The average Bonchev–Trinajstić information content (AvgIpc) is 2.70. The van der Waals surface area contributed by atoms with E-state index in [1.54, 1.807) is 0 Å². The molecule has 1 aromatic carbocycles. The number of aliphatic imine (C=N–C) groups is 1. The highest BCUT2D eigenvalue weighted by molar-refractivity contribution is 6.13. The number of rotatable bonds is 2. The third-order valence-electron chi connectivity index (χ3n) is 4.31. The van der Waals surface area contributed by atoms with Crippen LogP contribution in [0.25, 0.3) is 11.3 Å². The Labute approximate surface area is 168 Å². The van der Waals surface area contributed by atoms with Gasteiger partial charge in [0.05, 0.1) is 16.9 Å². The number of hydrogen-bond donors (Lipinski definition) is 3. The SMILES string of the molecule is CN1C(=O)CN(C(=O)NC(N)=NC=N)c2nc(-c3cccc(C(F)(F)F)c3)ccc21. The number of fused-ring (bicyclic) bond motifs is 1. The van der Waals surface area contributed by atoms with Gasteiger partial charge >= 0.3 is 12.2 Å². The summed E-state index contributed by atoms with van der Waals surface area (Å²) in [4.78, 5) is 34.8.